The highest BCUT2D eigenvalue weighted by Crippen LogP contribution is 2.21. The van der Waals surface area contributed by atoms with Gasteiger partial charge >= 0.3 is 0 Å². The lowest BCUT2D eigenvalue weighted by Crippen LogP contribution is -2.23. The Hall–Kier alpha value is -2.08. The van der Waals surface area contributed by atoms with Crippen molar-refractivity contribution in [3.63, 3.8) is 0 Å². The van der Waals surface area contributed by atoms with E-state index in [1.165, 1.54) is 6.08 Å². The van der Waals surface area contributed by atoms with E-state index < -0.39 is 0 Å². The van der Waals surface area contributed by atoms with Crippen molar-refractivity contribution in [2.24, 2.45) is 0 Å². The summed E-state index contributed by atoms with van der Waals surface area (Å²) in [6, 6.07) is 0. The summed E-state index contributed by atoms with van der Waals surface area (Å²) in [5.74, 6) is -0.131. The van der Waals surface area contributed by atoms with Crippen LogP contribution in [0.5, 0.6) is 0 Å². The van der Waals surface area contributed by atoms with Crippen LogP contribution in [-0.4, -0.2) is 32.0 Å². The van der Waals surface area contributed by atoms with Crippen LogP contribution in [0.4, 0.5) is 0 Å². The zero-order chi connectivity index (χ0) is 18.2. The first kappa shape index (κ1) is 19.2. The number of hydrogen-bond donors (Lipinski definition) is 1. The number of nitrogens with one attached hydrogen (secondary N) is 1. The summed E-state index contributed by atoms with van der Waals surface area (Å²) in [6.07, 6.45) is 10.0. The molecule has 2 heterocycles. The molecule has 0 aromatic carbocycles. The van der Waals surface area contributed by atoms with Gasteiger partial charge < -0.3 is 5.32 Å². The van der Waals surface area contributed by atoms with E-state index in [2.05, 4.69) is 22.4 Å². The highest BCUT2D eigenvalue weighted by Gasteiger charge is 2.10. The Morgan fingerprint density at radius 3 is 2.80 bits per heavy atom. The molecule has 0 aliphatic heterocycles. The lowest BCUT2D eigenvalue weighted by atomic mass is 10.2. The van der Waals surface area contributed by atoms with Crippen LogP contribution in [0.2, 0.25) is 5.15 Å². The van der Waals surface area contributed by atoms with Crippen molar-refractivity contribution in [2.75, 3.05) is 6.54 Å². The van der Waals surface area contributed by atoms with Gasteiger partial charge in [-0.2, -0.15) is 10.2 Å². The summed E-state index contributed by atoms with van der Waals surface area (Å²) in [5, 5.41) is 12.1. The molecule has 2 aromatic heterocycles. The lowest BCUT2D eigenvalue weighted by Gasteiger charge is -2.03. The number of carbonyl (C=O) groups is 1. The molecule has 0 saturated carbocycles. The van der Waals surface area contributed by atoms with Gasteiger partial charge in [-0.3, -0.25) is 14.2 Å². The number of aromatic nitrogens is 4. The maximum atomic E-state index is 11.9. The fourth-order valence-electron chi connectivity index (χ4n) is 2.47. The maximum Gasteiger partial charge on any atom is 0.244 e. The van der Waals surface area contributed by atoms with Crippen LogP contribution in [-0.2, 0) is 17.9 Å². The summed E-state index contributed by atoms with van der Waals surface area (Å²) < 4.78 is 3.68. The molecular formula is C18H26ClN5O. The number of nitrogens with zero attached hydrogens (tertiary/aromatic N) is 4. The Morgan fingerprint density at radius 2 is 2.12 bits per heavy atom. The summed E-state index contributed by atoms with van der Waals surface area (Å²) in [6.45, 7) is 8.22. The van der Waals surface area contributed by atoms with E-state index in [-0.39, 0.29) is 5.91 Å². The van der Waals surface area contributed by atoms with Gasteiger partial charge in [0.05, 0.1) is 11.9 Å². The minimum absolute atomic E-state index is 0.131. The molecule has 0 fully saturated rings. The van der Waals surface area contributed by atoms with Crippen molar-refractivity contribution in [3.05, 3.63) is 40.4 Å². The van der Waals surface area contributed by atoms with Crippen molar-refractivity contribution in [1.29, 1.82) is 0 Å². The topological polar surface area (TPSA) is 64.7 Å². The van der Waals surface area contributed by atoms with Crippen LogP contribution in [0, 0.1) is 13.8 Å². The summed E-state index contributed by atoms with van der Waals surface area (Å²) in [4.78, 5) is 11.9. The predicted octanol–water partition coefficient (Wildman–Crippen LogP) is 3.37. The Balaban J connectivity index is 1.80. The van der Waals surface area contributed by atoms with Crippen LogP contribution in [0.25, 0.3) is 6.08 Å². The zero-order valence-electron chi connectivity index (χ0n) is 15.1. The Kier molecular flexibility index (Phi) is 7.25. The third-order valence-electron chi connectivity index (χ3n) is 3.86. The van der Waals surface area contributed by atoms with E-state index in [4.69, 9.17) is 11.6 Å². The van der Waals surface area contributed by atoms with E-state index in [0.717, 1.165) is 49.2 Å². The highest BCUT2D eigenvalue weighted by atomic mass is 35.5. The summed E-state index contributed by atoms with van der Waals surface area (Å²) in [5.41, 5.74) is 2.78. The Labute approximate surface area is 153 Å². The smallest absolute Gasteiger partial charge is 0.244 e. The van der Waals surface area contributed by atoms with E-state index in [9.17, 15) is 4.79 Å². The normalized spacial score (nSPS) is 11.4. The number of aryl methyl sites for hydroxylation is 4. The molecule has 0 unspecified atom stereocenters. The minimum Gasteiger partial charge on any atom is -0.352 e. The third-order valence-corrected chi connectivity index (χ3v) is 4.26. The first-order valence-electron chi connectivity index (χ1n) is 8.69. The van der Waals surface area contributed by atoms with Crippen LogP contribution < -0.4 is 5.32 Å². The zero-order valence-corrected chi connectivity index (χ0v) is 15.9. The molecule has 0 aliphatic carbocycles. The average molecular weight is 364 g/mol. The van der Waals surface area contributed by atoms with E-state index in [1.807, 2.05) is 30.9 Å². The van der Waals surface area contributed by atoms with Gasteiger partial charge in [-0.1, -0.05) is 24.9 Å². The standard InChI is InChI=1S/C18H26ClN5O/c1-4-5-11-24-18(19)16(15(3)22-24)7-8-17(25)20-9-6-10-23-13-14(2)12-21-23/h7-8,12-13H,4-6,9-11H2,1-3H3,(H,20,25)/b8-7+. The quantitative estimate of drug-likeness (QED) is 0.548. The van der Waals surface area contributed by atoms with Gasteiger partial charge in [0.25, 0.3) is 0 Å². The monoisotopic (exact) mass is 363 g/mol. The Bertz CT molecular complexity index is 732. The molecule has 0 bridgehead atoms. The number of hydrogen-bond acceptors (Lipinski definition) is 3. The molecule has 1 N–H and O–H groups in total. The first-order valence-corrected chi connectivity index (χ1v) is 9.07. The first-order chi connectivity index (χ1) is 12.0. The fraction of sp³-hybridized carbons (Fsp3) is 0.500. The fourth-order valence-corrected chi connectivity index (χ4v) is 2.79. The second kappa shape index (κ2) is 9.42. The van der Waals surface area contributed by atoms with Crippen molar-refractivity contribution in [3.8, 4) is 0 Å². The van der Waals surface area contributed by atoms with Gasteiger partial charge in [0.1, 0.15) is 5.15 Å². The van der Waals surface area contributed by atoms with Gasteiger partial charge in [0.2, 0.25) is 5.91 Å². The number of unbranched alkanes of at least 4 members (excludes halogenated alkanes) is 1. The number of carbonyl (C=O) groups excluding carboxylic acids is 1. The van der Waals surface area contributed by atoms with E-state index in [1.54, 1.807) is 10.8 Å². The highest BCUT2D eigenvalue weighted by molar-refractivity contribution is 6.31. The number of amides is 1. The van der Waals surface area contributed by atoms with Crippen LogP contribution >= 0.6 is 11.6 Å². The number of halogens is 1. The van der Waals surface area contributed by atoms with Gasteiger partial charge in [0, 0.05) is 37.5 Å². The molecule has 2 aromatic rings. The third kappa shape index (κ3) is 5.74. The van der Waals surface area contributed by atoms with Crippen molar-refractivity contribution in [2.45, 2.75) is 53.1 Å². The molecule has 7 heteroatoms. The van der Waals surface area contributed by atoms with Crippen molar-refractivity contribution in [1.82, 2.24) is 24.9 Å². The van der Waals surface area contributed by atoms with Crippen LogP contribution in [0.1, 0.15) is 43.0 Å². The molecule has 0 atom stereocenters. The van der Waals surface area contributed by atoms with Crippen LogP contribution in [0.15, 0.2) is 18.5 Å². The molecule has 0 spiro atoms. The number of rotatable bonds is 9. The van der Waals surface area contributed by atoms with E-state index >= 15 is 0 Å². The van der Waals surface area contributed by atoms with Crippen molar-refractivity contribution >= 4 is 23.6 Å². The minimum atomic E-state index is -0.131. The molecule has 2 rings (SSSR count). The predicted molar refractivity (Wildman–Crippen MR) is 101 cm³/mol. The van der Waals surface area contributed by atoms with Gasteiger partial charge in [-0.05, 0) is 38.3 Å². The molecule has 0 aliphatic rings. The second-order valence-electron chi connectivity index (χ2n) is 6.13. The lowest BCUT2D eigenvalue weighted by molar-refractivity contribution is -0.116. The van der Waals surface area contributed by atoms with Gasteiger partial charge in [-0.15, -0.1) is 0 Å². The van der Waals surface area contributed by atoms with Crippen LogP contribution in [0.3, 0.4) is 0 Å². The molecule has 136 valence electrons. The van der Waals surface area contributed by atoms with Gasteiger partial charge in [-0.25, -0.2) is 0 Å². The second-order valence-corrected chi connectivity index (χ2v) is 6.48. The molecule has 0 saturated heterocycles. The summed E-state index contributed by atoms with van der Waals surface area (Å²) in [7, 11) is 0. The molecule has 1 amide bonds. The van der Waals surface area contributed by atoms with Gasteiger partial charge in [0.15, 0.2) is 0 Å². The van der Waals surface area contributed by atoms with E-state index in [0.29, 0.717) is 11.7 Å². The average Bonchev–Trinajstić information content (AvgIpc) is 3.11. The summed E-state index contributed by atoms with van der Waals surface area (Å²) >= 11 is 6.35. The molecule has 6 nitrogen and oxygen atoms in total. The molecule has 25 heavy (non-hydrogen) atoms. The molecule has 0 radical (unpaired) electrons. The Morgan fingerprint density at radius 1 is 1.32 bits per heavy atom. The maximum absolute atomic E-state index is 11.9. The van der Waals surface area contributed by atoms with Crippen molar-refractivity contribution < 1.29 is 4.79 Å². The largest absolute Gasteiger partial charge is 0.352 e. The molecular weight excluding hydrogens is 338 g/mol. The SMILES string of the molecule is CCCCn1nc(C)c(/C=C/C(=O)NCCCn2cc(C)cn2)c1Cl.